The van der Waals surface area contributed by atoms with Gasteiger partial charge in [-0.3, -0.25) is 4.79 Å². The molecule has 2 aromatic rings. The van der Waals surface area contributed by atoms with Crippen LogP contribution in [0.5, 0.6) is 11.5 Å². The highest BCUT2D eigenvalue weighted by Crippen LogP contribution is 2.22. The third-order valence-corrected chi connectivity index (χ3v) is 4.30. The minimum Gasteiger partial charge on any atom is -0.490 e. The second kappa shape index (κ2) is 7.61. The molecule has 0 aliphatic carbocycles. The zero-order chi connectivity index (χ0) is 17.8. The highest BCUT2D eigenvalue weighted by atomic mass is 35.5. The average Bonchev–Trinajstić information content (AvgIpc) is 2.59. The second-order valence-electron chi connectivity index (χ2n) is 5.94. The number of hydrogen-bond acceptors (Lipinski definition) is 4. The number of pyridine rings is 1. The van der Waals surface area contributed by atoms with Gasteiger partial charge in [0.25, 0.3) is 5.56 Å². The summed E-state index contributed by atoms with van der Waals surface area (Å²) in [6.45, 7) is 1.10. The molecule has 1 fully saturated rings. The Balaban J connectivity index is 1.52. The van der Waals surface area contributed by atoms with Crippen LogP contribution in [-0.4, -0.2) is 34.8 Å². The van der Waals surface area contributed by atoms with E-state index >= 15 is 0 Å². The minimum atomic E-state index is -0.417. The summed E-state index contributed by atoms with van der Waals surface area (Å²) in [4.78, 5) is 25.2. The minimum absolute atomic E-state index is 0.0417. The number of ether oxygens (including phenoxy) is 2. The molecule has 0 bridgehead atoms. The molecule has 2 heterocycles. The Hall–Kier alpha value is -2.47. The zero-order valence-corrected chi connectivity index (χ0v) is 14.6. The Morgan fingerprint density at radius 2 is 1.92 bits per heavy atom. The lowest BCUT2D eigenvalue weighted by Crippen LogP contribution is -2.43. The third-order valence-electron chi connectivity index (χ3n) is 4.06. The van der Waals surface area contributed by atoms with Crippen LogP contribution in [0.3, 0.4) is 0 Å². The number of piperidine rings is 1. The molecule has 0 radical (unpaired) electrons. The molecule has 0 saturated carbocycles. The van der Waals surface area contributed by atoms with Crippen molar-refractivity contribution < 1.29 is 14.3 Å². The molecule has 1 aromatic heterocycles. The lowest BCUT2D eigenvalue weighted by Gasteiger charge is -2.31. The van der Waals surface area contributed by atoms with Gasteiger partial charge in [0, 0.05) is 50.3 Å². The Kier molecular flexibility index (Phi) is 5.28. The van der Waals surface area contributed by atoms with Crippen LogP contribution < -0.4 is 15.0 Å². The molecule has 1 aliphatic rings. The van der Waals surface area contributed by atoms with Crippen molar-refractivity contribution in [2.24, 2.45) is 7.05 Å². The van der Waals surface area contributed by atoms with Crippen LogP contribution in [0.15, 0.2) is 47.4 Å². The van der Waals surface area contributed by atoms with Crippen molar-refractivity contribution in [2.45, 2.75) is 18.9 Å². The number of hydrogen-bond donors (Lipinski definition) is 0. The number of amides is 1. The van der Waals surface area contributed by atoms with Gasteiger partial charge in [-0.25, -0.2) is 4.79 Å². The Labute approximate surface area is 150 Å². The first kappa shape index (κ1) is 17.4. The molecule has 1 aromatic carbocycles. The van der Waals surface area contributed by atoms with Gasteiger partial charge in [-0.15, -0.1) is 0 Å². The highest BCUT2D eigenvalue weighted by Gasteiger charge is 2.25. The number of carbonyl (C=O) groups is 1. The number of halogens is 1. The standard InChI is InChI=1S/C18H19ClN2O4/c1-20-12-16(5-6-17(20)22)25-18(23)21-9-7-14(8-10-21)24-15-4-2-3-13(19)11-15/h2-6,11-12,14H,7-10H2,1H3. The molecule has 132 valence electrons. The second-order valence-corrected chi connectivity index (χ2v) is 6.38. The Morgan fingerprint density at radius 1 is 1.16 bits per heavy atom. The predicted molar refractivity (Wildman–Crippen MR) is 94.4 cm³/mol. The molecule has 6 nitrogen and oxygen atoms in total. The number of likely N-dealkylation sites (tertiary alicyclic amines) is 1. The van der Waals surface area contributed by atoms with Crippen molar-refractivity contribution in [1.29, 1.82) is 0 Å². The number of nitrogens with zero attached hydrogens (tertiary/aromatic N) is 2. The summed E-state index contributed by atoms with van der Waals surface area (Å²) < 4.78 is 12.6. The van der Waals surface area contributed by atoms with Crippen LogP contribution in [0.1, 0.15) is 12.8 Å². The Morgan fingerprint density at radius 3 is 2.60 bits per heavy atom. The fourth-order valence-corrected chi connectivity index (χ4v) is 2.86. The van der Waals surface area contributed by atoms with Gasteiger partial charge in [-0.1, -0.05) is 17.7 Å². The average molecular weight is 363 g/mol. The molecule has 0 unspecified atom stereocenters. The van der Waals surface area contributed by atoms with E-state index in [9.17, 15) is 9.59 Å². The molecule has 0 N–H and O–H groups in total. The van der Waals surface area contributed by atoms with Crippen molar-refractivity contribution in [3.63, 3.8) is 0 Å². The van der Waals surface area contributed by atoms with Crippen LogP contribution in [-0.2, 0) is 7.05 Å². The fraction of sp³-hybridized carbons (Fsp3) is 0.333. The molecule has 1 amide bonds. The SMILES string of the molecule is Cn1cc(OC(=O)N2CCC(Oc3cccc(Cl)c3)CC2)ccc1=O. The van der Waals surface area contributed by atoms with Crippen molar-refractivity contribution in [1.82, 2.24) is 9.47 Å². The van der Waals surface area contributed by atoms with Gasteiger partial charge in [0.2, 0.25) is 0 Å². The van der Waals surface area contributed by atoms with Gasteiger partial charge in [-0.2, -0.15) is 0 Å². The predicted octanol–water partition coefficient (Wildman–Crippen LogP) is 3.08. The number of rotatable bonds is 3. The van der Waals surface area contributed by atoms with E-state index in [1.54, 1.807) is 24.1 Å². The summed E-state index contributed by atoms with van der Waals surface area (Å²) >= 11 is 5.95. The summed E-state index contributed by atoms with van der Waals surface area (Å²) in [5, 5.41) is 0.635. The van der Waals surface area contributed by atoms with E-state index in [1.165, 1.54) is 22.9 Å². The highest BCUT2D eigenvalue weighted by molar-refractivity contribution is 6.30. The maximum absolute atomic E-state index is 12.2. The van der Waals surface area contributed by atoms with Crippen LogP contribution in [0.4, 0.5) is 4.79 Å². The van der Waals surface area contributed by atoms with Crippen molar-refractivity contribution in [3.8, 4) is 11.5 Å². The summed E-state index contributed by atoms with van der Waals surface area (Å²) in [6.07, 6.45) is 2.55. The first-order chi connectivity index (χ1) is 12.0. The molecule has 0 atom stereocenters. The third kappa shape index (κ3) is 4.54. The van der Waals surface area contributed by atoms with Gasteiger partial charge >= 0.3 is 6.09 Å². The molecular formula is C18H19ClN2O4. The molecule has 1 aliphatic heterocycles. The van der Waals surface area contributed by atoms with E-state index in [1.807, 2.05) is 12.1 Å². The van der Waals surface area contributed by atoms with E-state index < -0.39 is 6.09 Å². The van der Waals surface area contributed by atoms with Gasteiger partial charge in [0.05, 0.1) is 0 Å². The number of aromatic nitrogens is 1. The van der Waals surface area contributed by atoms with Gasteiger partial charge in [0.15, 0.2) is 0 Å². The Bertz CT molecular complexity index is 813. The van der Waals surface area contributed by atoms with E-state index in [2.05, 4.69) is 0 Å². The maximum atomic E-state index is 12.2. The number of carbonyl (C=O) groups excluding carboxylic acids is 1. The summed E-state index contributed by atoms with van der Waals surface area (Å²) in [6, 6.07) is 10.2. The molecular weight excluding hydrogens is 344 g/mol. The lowest BCUT2D eigenvalue weighted by atomic mass is 10.1. The number of benzene rings is 1. The lowest BCUT2D eigenvalue weighted by molar-refractivity contribution is 0.0929. The first-order valence-corrected chi connectivity index (χ1v) is 8.45. The summed E-state index contributed by atoms with van der Waals surface area (Å²) in [7, 11) is 1.61. The van der Waals surface area contributed by atoms with Crippen LogP contribution >= 0.6 is 11.6 Å². The van der Waals surface area contributed by atoms with Crippen molar-refractivity contribution >= 4 is 17.7 Å². The fourth-order valence-electron chi connectivity index (χ4n) is 2.68. The molecule has 1 saturated heterocycles. The van der Waals surface area contributed by atoms with Gasteiger partial charge in [-0.05, 0) is 24.3 Å². The molecule has 7 heteroatoms. The largest absolute Gasteiger partial charge is 0.490 e. The van der Waals surface area contributed by atoms with E-state index in [-0.39, 0.29) is 11.7 Å². The monoisotopic (exact) mass is 362 g/mol. The molecule has 0 spiro atoms. The smallest absolute Gasteiger partial charge is 0.415 e. The molecule has 3 rings (SSSR count). The maximum Gasteiger partial charge on any atom is 0.415 e. The van der Waals surface area contributed by atoms with Gasteiger partial charge in [0.1, 0.15) is 17.6 Å². The van der Waals surface area contributed by atoms with E-state index in [4.69, 9.17) is 21.1 Å². The first-order valence-electron chi connectivity index (χ1n) is 8.07. The zero-order valence-electron chi connectivity index (χ0n) is 13.9. The van der Waals surface area contributed by atoms with E-state index in [0.717, 1.165) is 18.6 Å². The number of aryl methyl sites for hydroxylation is 1. The van der Waals surface area contributed by atoms with Crippen LogP contribution in [0.2, 0.25) is 5.02 Å². The van der Waals surface area contributed by atoms with Gasteiger partial charge < -0.3 is 18.9 Å². The quantitative estimate of drug-likeness (QED) is 0.841. The van der Waals surface area contributed by atoms with Crippen LogP contribution in [0.25, 0.3) is 0 Å². The molecule has 25 heavy (non-hydrogen) atoms. The normalized spacial score (nSPS) is 15.0. The van der Waals surface area contributed by atoms with Crippen molar-refractivity contribution in [3.05, 3.63) is 58.0 Å². The van der Waals surface area contributed by atoms with E-state index in [0.29, 0.717) is 23.9 Å². The summed E-state index contributed by atoms with van der Waals surface area (Å²) in [5.41, 5.74) is -0.154. The summed E-state index contributed by atoms with van der Waals surface area (Å²) in [5.74, 6) is 1.09. The topological polar surface area (TPSA) is 60.8 Å². The van der Waals surface area contributed by atoms with Crippen LogP contribution in [0, 0.1) is 0 Å². The van der Waals surface area contributed by atoms with Crippen molar-refractivity contribution in [2.75, 3.05) is 13.1 Å².